The van der Waals surface area contributed by atoms with Crippen LogP contribution < -0.4 is 0 Å². The van der Waals surface area contributed by atoms with Crippen molar-refractivity contribution in [3.05, 3.63) is 12.2 Å². The number of hydrogen-bond acceptors (Lipinski definition) is 1. The normalized spacial score (nSPS) is 19.0. The van der Waals surface area contributed by atoms with Crippen LogP contribution >= 0.6 is 0 Å². The lowest BCUT2D eigenvalue weighted by Crippen LogP contribution is -1.85. The van der Waals surface area contributed by atoms with Crippen LogP contribution in [0.4, 0.5) is 0 Å². The minimum atomic E-state index is 0.637. The molecule has 0 bridgehead atoms. The van der Waals surface area contributed by atoms with Crippen LogP contribution in [-0.2, 0) is 4.74 Å². The smallest absolute Gasteiger partial charge is 0.0810 e. The van der Waals surface area contributed by atoms with Crippen LogP contribution in [-0.4, -0.2) is 12.7 Å². The summed E-state index contributed by atoms with van der Waals surface area (Å²) in [5, 5.41) is 0. The number of hydrogen-bond donors (Lipinski definition) is 0. The monoisotopic (exact) mass is 238 g/mol. The Bertz CT molecular complexity index is 182. The maximum Gasteiger partial charge on any atom is 0.0810 e. The SMILES string of the molecule is CCCCCC/C=C/CCCCCCC1CO1. The fourth-order valence-electron chi connectivity index (χ4n) is 2.15. The first-order chi connectivity index (χ1) is 8.43. The predicted molar refractivity (Wildman–Crippen MR) is 75.3 cm³/mol. The second-order valence-corrected chi connectivity index (χ2v) is 5.27. The van der Waals surface area contributed by atoms with Gasteiger partial charge in [-0.1, -0.05) is 57.6 Å². The molecule has 1 atom stereocenters. The van der Waals surface area contributed by atoms with Gasteiger partial charge in [-0.25, -0.2) is 0 Å². The Hall–Kier alpha value is -0.300. The predicted octanol–water partition coefficient (Wildman–Crippen LogP) is 5.25. The van der Waals surface area contributed by atoms with E-state index in [0.29, 0.717) is 6.10 Å². The lowest BCUT2D eigenvalue weighted by Gasteiger charge is -1.98. The van der Waals surface area contributed by atoms with Crippen LogP contribution in [0.2, 0.25) is 0 Å². The molecule has 0 aromatic carbocycles. The lowest BCUT2D eigenvalue weighted by molar-refractivity contribution is 0.388. The summed E-state index contributed by atoms with van der Waals surface area (Å²) >= 11 is 0. The van der Waals surface area contributed by atoms with Gasteiger partial charge in [0.05, 0.1) is 12.7 Å². The average molecular weight is 238 g/mol. The molecule has 0 N–H and O–H groups in total. The molecular weight excluding hydrogens is 208 g/mol. The number of allylic oxidation sites excluding steroid dienone is 2. The largest absolute Gasteiger partial charge is 0.373 e. The Morgan fingerprint density at radius 2 is 1.47 bits per heavy atom. The number of rotatable bonds is 12. The summed E-state index contributed by atoms with van der Waals surface area (Å²) in [7, 11) is 0. The highest BCUT2D eigenvalue weighted by Crippen LogP contribution is 2.17. The van der Waals surface area contributed by atoms with Crippen molar-refractivity contribution in [2.45, 2.75) is 83.7 Å². The molecule has 1 nitrogen and oxygen atoms in total. The van der Waals surface area contributed by atoms with Crippen molar-refractivity contribution in [1.82, 2.24) is 0 Å². The number of epoxide rings is 1. The van der Waals surface area contributed by atoms with Gasteiger partial charge in [0.25, 0.3) is 0 Å². The third kappa shape index (κ3) is 10.6. The van der Waals surface area contributed by atoms with E-state index in [2.05, 4.69) is 19.1 Å². The van der Waals surface area contributed by atoms with Gasteiger partial charge in [0.15, 0.2) is 0 Å². The van der Waals surface area contributed by atoms with Gasteiger partial charge in [-0.05, 0) is 32.1 Å². The van der Waals surface area contributed by atoms with Crippen LogP contribution in [0.1, 0.15) is 77.6 Å². The van der Waals surface area contributed by atoms with Crippen molar-refractivity contribution in [2.75, 3.05) is 6.61 Å². The van der Waals surface area contributed by atoms with Crippen LogP contribution in [0.5, 0.6) is 0 Å². The van der Waals surface area contributed by atoms with E-state index in [1.165, 1.54) is 70.6 Å². The summed E-state index contributed by atoms with van der Waals surface area (Å²) in [6.45, 7) is 3.30. The van der Waals surface area contributed by atoms with Gasteiger partial charge in [0, 0.05) is 0 Å². The first-order valence-electron chi connectivity index (χ1n) is 7.70. The Morgan fingerprint density at radius 3 is 2.06 bits per heavy atom. The fourth-order valence-corrected chi connectivity index (χ4v) is 2.15. The highest BCUT2D eigenvalue weighted by molar-refractivity contribution is 4.81. The van der Waals surface area contributed by atoms with Gasteiger partial charge in [0.2, 0.25) is 0 Å². The van der Waals surface area contributed by atoms with Crippen LogP contribution in [0.25, 0.3) is 0 Å². The molecule has 0 saturated carbocycles. The zero-order chi connectivity index (χ0) is 12.2. The van der Waals surface area contributed by atoms with Gasteiger partial charge < -0.3 is 4.74 Å². The number of unbranched alkanes of at least 4 members (excludes halogenated alkanes) is 8. The zero-order valence-corrected chi connectivity index (χ0v) is 11.6. The van der Waals surface area contributed by atoms with E-state index in [4.69, 9.17) is 4.74 Å². The van der Waals surface area contributed by atoms with Gasteiger partial charge in [-0.2, -0.15) is 0 Å². The third-order valence-corrected chi connectivity index (χ3v) is 3.44. The molecule has 100 valence electrons. The molecule has 1 aliphatic heterocycles. The second kappa shape index (κ2) is 10.8. The first-order valence-corrected chi connectivity index (χ1v) is 7.70. The Kier molecular flexibility index (Phi) is 9.40. The molecule has 0 aromatic heterocycles. The van der Waals surface area contributed by atoms with Crippen LogP contribution in [0.15, 0.2) is 12.2 Å². The summed E-state index contributed by atoms with van der Waals surface area (Å²) in [4.78, 5) is 0. The van der Waals surface area contributed by atoms with Crippen molar-refractivity contribution >= 4 is 0 Å². The lowest BCUT2D eigenvalue weighted by atomic mass is 10.1. The Balaban J connectivity index is 1.69. The quantitative estimate of drug-likeness (QED) is 0.257. The zero-order valence-electron chi connectivity index (χ0n) is 11.6. The standard InChI is InChI=1S/C16H30O/c1-2-3-4-5-6-7-8-9-10-11-12-13-14-16-15-17-16/h7-8,16H,2-6,9-15H2,1H3/b8-7+. The van der Waals surface area contributed by atoms with Gasteiger partial charge in [-0.3, -0.25) is 0 Å². The van der Waals surface area contributed by atoms with Crippen molar-refractivity contribution in [1.29, 1.82) is 0 Å². The van der Waals surface area contributed by atoms with Gasteiger partial charge in [0.1, 0.15) is 0 Å². The van der Waals surface area contributed by atoms with Crippen LogP contribution in [0.3, 0.4) is 0 Å². The van der Waals surface area contributed by atoms with Crippen molar-refractivity contribution in [3.63, 3.8) is 0 Å². The minimum Gasteiger partial charge on any atom is -0.373 e. The number of ether oxygens (including phenoxy) is 1. The maximum absolute atomic E-state index is 5.20. The van der Waals surface area contributed by atoms with E-state index in [0.717, 1.165) is 6.61 Å². The molecule has 1 heteroatoms. The molecule has 0 radical (unpaired) electrons. The summed E-state index contributed by atoms with van der Waals surface area (Å²) in [5.74, 6) is 0. The summed E-state index contributed by atoms with van der Waals surface area (Å²) in [5.41, 5.74) is 0. The van der Waals surface area contributed by atoms with Gasteiger partial charge in [-0.15, -0.1) is 0 Å². The van der Waals surface area contributed by atoms with Crippen molar-refractivity contribution in [3.8, 4) is 0 Å². The summed E-state index contributed by atoms with van der Waals surface area (Å²) in [6.07, 6.45) is 20.3. The van der Waals surface area contributed by atoms with E-state index in [-0.39, 0.29) is 0 Å². The summed E-state index contributed by atoms with van der Waals surface area (Å²) < 4.78 is 5.20. The first kappa shape index (κ1) is 14.8. The maximum atomic E-state index is 5.20. The van der Waals surface area contributed by atoms with E-state index < -0.39 is 0 Å². The van der Waals surface area contributed by atoms with Crippen molar-refractivity contribution in [2.24, 2.45) is 0 Å². The topological polar surface area (TPSA) is 12.5 Å². The molecular formula is C16H30O. The molecule has 0 aliphatic carbocycles. The third-order valence-electron chi connectivity index (χ3n) is 3.44. The molecule has 1 heterocycles. The molecule has 1 saturated heterocycles. The molecule has 1 rings (SSSR count). The van der Waals surface area contributed by atoms with Crippen molar-refractivity contribution < 1.29 is 4.74 Å². The molecule has 0 spiro atoms. The molecule has 1 unspecified atom stereocenters. The fraction of sp³-hybridized carbons (Fsp3) is 0.875. The molecule has 17 heavy (non-hydrogen) atoms. The highest BCUT2D eigenvalue weighted by atomic mass is 16.6. The average Bonchev–Trinajstić information content (AvgIpc) is 3.15. The second-order valence-electron chi connectivity index (χ2n) is 5.27. The minimum absolute atomic E-state index is 0.637. The molecule has 1 fully saturated rings. The molecule has 0 amide bonds. The van der Waals surface area contributed by atoms with Gasteiger partial charge >= 0.3 is 0 Å². The summed E-state index contributed by atoms with van der Waals surface area (Å²) in [6, 6.07) is 0. The molecule has 1 aliphatic rings. The van der Waals surface area contributed by atoms with E-state index in [9.17, 15) is 0 Å². The molecule has 0 aromatic rings. The Morgan fingerprint density at radius 1 is 0.882 bits per heavy atom. The van der Waals surface area contributed by atoms with E-state index in [1.807, 2.05) is 0 Å². The Labute approximate surface area is 108 Å². The van der Waals surface area contributed by atoms with Crippen LogP contribution in [0, 0.1) is 0 Å². The van der Waals surface area contributed by atoms with E-state index >= 15 is 0 Å². The van der Waals surface area contributed by atoms with E-state index in [1.54, 1.807) is 0 Å². The highest BCUT2D eigenvalue weighted by Gasteiger charge is 2.20.